The molecule has 0 saturated carbocycles. The van der Waals surface area contributed by atoms with Crippen LogP contribution in [-0.2, 0) is 0 Å². The van der Waals surface area contributed by atoms with Crippen LogP contribution in [0.25, 0.3) is 0 Å². The smallest absolute Gasteiger partial charge is 0.142 e. The maximum absolute atomic E-state index is 4.05. The van der Waals surface area contributed by atoms with Gasteiger partial charge in [0.2, 0.25) is 0 Å². The molecule has 1 unspecified atom stereocenters. The third-order valence-electron chi connectivity index (χ3n) is 1.45. The molecule has 2 nitrogen and oxygen atoms in total. The molecule has 0 bridgehead atoms. The molecule has 0 aromatic carbocycles. The topological polar surface area (TPSA) is 25.8 Å². The Hall–Kier alpha value is 0.290. The second kappa shape index (κ2) is 3.61. The Balaban J connectivity index is 2.74. The lowest BCUT2D eigenvalue weighted by Crippen LogP contribution is -1.88. The summed E-state index contributed by atoms with van der Waals surface area (Å²) in [5.74, 6) is 0.570. The molecule has 1 aromatic heterocycles. The molecule has 56 valence electrons. The van der Waals surface area contributed by atoms with Gasteiger partial charge in [-0.15, -0.1) is 10.2 Å². The first kappa shape index (κ1) is 8.39. The summed E-state index contributed by atoms with van der Waals surface area (Å²) in [6.07, 6.45) is 1.14. The van der Waals surface area contributed by atoms with E-state index in [0.717, 1.165) is 14.4 Å². The average molecular weight is 268 g/mol. The zero-order valence-corrected chi connectivity index (χ0v) is 8.94. The van der Waals surface area contributed by atoms with Crippen LogP contribution in [0.4, 0.5) is 0 Å². The molecule has 4 heteroatoms. The predicted molar refractivity (Wildman–Crippen MR) is 51.3 cm³/mol. The van der Waals surface area contributed by atoms with E-state index < -0.39 is 0 Å². The van der Waals surface area contributed by atoms with Crippen LogP contribution in [0.15, 0.2) is 0 Å². The molecule has 0 aliphatic carbocycles. The van der Waals surface area contributed by atoms with E-state index in [1.54, 1.807) is 11.3 Å². The quantitative estimate of drug-likeness (QED) is 0.770. The molecule has 0 aliphatic heterocycles. The van der Waals surface area contributed by atoms with Crippen LogP contribution < -0.4 is 0 Å². The normalized spacial score (nSPS) is 13.5. The summed E-state index contributed by atoms with van der Waals surface area (Å²) in [7, 11) is 0. The Morgan fingerprint density at radius 3 is 2.70 bits per heavy atom. The van der Waals surface area contributed by atoms with E-state index >= 15 is 0 Å². The Morgan fingerprint density at radius 2 is 2.30 bits per heavy atom. The predicted octanol–water partition coefficient (Wildman–Crippen LogP) is 2.66. The molecular weight excluding hydrogens is 259 g/mol. The van der Waals surface area contributed by atoms with Crippen LogP contribution >= 0.6 is 33.9 Å². The third-order valence-corrected chi connectivity index (χ3v) is 3.27. The first-order valence-electron chi connectivity index (χ1n) is 3.23. The van der Waals surface area contributed by atoms with Crippen molar-refractivity contribution >= 4 is 33.9 Å². The van der Waals surface area contributed by atoms with Crippen LogP contribution in [0.2, 0.25) is 0 Å². The van der Waals surface area contributed by atoms with Crippen molar-refractivity contribution in [3.63, 3.8) is 0 Å². The number of hydrogen-bond acceptors (Lipinski definition) is 3. The van der Waals surface area contributed by atoms with Gasteiger partial charge >= 0.3 is 0 Å². The largest absolute Gasteiger partial charge is 0.178 e. The van der Waals surface area contributed by atoms with Gasteiger partial charge in [-0.3, -0.25) is 0 Å². The number of nitrogens with zero attached hydrogens (tertiary/aromatic N) is 2. The van der Waals surface area contributed by atoms with Gasteiger partial charge in [0.15, 0.2) is 3.01 Å². The van der Waals surface area contributed by atoms with E-state index in [1.165, 1.54) is 0 Å². The van der Waals surface area contributed by atoms with Gasteiger partial charge in [-0.2, -0.15) is 0 Å². The van der Waals surface area contributed by atoms with Crippen molar-refractivity contribution in [2.75, 3.05) is 0 Å². The Morgan fingerprint density at radius 1 is 1.60 bits per heavy atom. The summed E-state index contributed by atoms with van der Waals surface area (Å²) in [6.45, 7) is 4.34. The summed E-state index contributed by atoms with van der Waals surface area (Å²) in [5.41, 5.74) is 0. The van der Waals surface area contributed by atoms with Gasteiger partial charge in [0, 0.05) is 5.92 Å². The van der Waals surface area contributed by atoms with Crippen molar-refractivity contribution in [1.82, 2.24) is 10.2 Å². The zero-order valence-electron chi connectivity index (χ0n) is 5.97. The van der Waals surface area contributed by atoms with Gasteiger partial charge in [0.1, 0.15) is 5.01 Å². The summed E-state index contributed by atoms with van der Waals surface area (Å²) in [6, 6.07) is 0. The monoisotopic (exact) mass is 268 g/mol. The maximum Gasteiger partial charge on any atom is 0.178 e. The SMILES string of the molecule is CCC(C)c1nnc(I)s1. The fourth-order valence-electron chi connectivity index (χ4n) is 0.589. The molecule has 0 saturated heterocycles. The van der Waals surface area contributed by atoms with E-state index in [0.29, 0.717) is 5.92 Å². The van der Waals surface area contributed by atoms with Crippen LogP contribution in [0, 0.1) is 3.01 Å². The fourth-order valence-corrected chi connectivity index (χ4v) is 2.08. The molecule has 0 spiro atoms. The molecule has 1 aromatic rings. The lowest BCUT2D eigenvalue weighted by Gasteiger charge is -1.99. The minimum absolute atomic E-state index is 0.570. The minimum Gasteiger partial charge on any atom is -0.142 e. The van der Waals surface area contributed by atoms with E-state index in [9.17, 15) is 0 Å². The Labute approximate surface area is 78.2 Å². The fraction of sp³-hybridized carbons (Fsp3) is 0.667. The van der Waals surface area contributed by atoms with E-state index in [-0.39, 0.29) is 0 Å². The van der Waals surface area contributed by atoms with Gasteiger partial charge in [0.25, 0.3) is 0 Å². The maximum atomic E-state index is 4.05. The molecule has 10 heavy (non-hydrogen) atoms. The number of halogens is 1. The summed E-state index contributed by atoms with van der Waals surface area (Å²) >= 11 is 3.88. The Kier molecular flexibility index (Phi) is 3.03. The molecule has 0 radical (unpaired) electrons. The van der Waals surface area contributed by atoms with Crippen molar-refractivity contribution in [2.24, 2.45) is 0 Å². The van der Waals surface area contributed by atoms with Crippen molar-refractivity contribution in [2.45, 2.75) is 26.2 Å². The zero-order chi connectivity index (χ0) is 7.56. The summed E-state index contributed by atoms with van der Waals surface area (Å²) in [5, 5.41) is 9.15. The standard InChI is InChI=1S/C6H9IN2S/c1-3-4(2)5-8-9-6(7)10-5/h4H,3H2,1-2H3. The highest BCUT2D eigenvalue weighted by atomic mass is 127. The molecule has 0 fully saturated rings. The van der Waals surface area contributed by atoms with E-state index in [4.69, 9.17) is 0 Å². The van der Waals surface area contributed by atoms with Gasteiger partial charge in [-0.25, -0.2) is 0 Å². The van der Waals surface area contributed by atoms with Crippen LogP contribution in [0.5, 0.6) is 0 Å². The second-order valence-electron chi connectivity index (χ2n) is 2.20. The minimum atomic E-state index is 0.570. The van der Waals surface area contributed by atoms with Crippen molar-refractivity contribution in [1.29, 1.82) is 0 Å². The summed E-state index contributed by atoms with van der Waals surface area (Å²) in [4.78, 5) is 0. The van der Waals surface area contributed by atoms with Gasteiger partial charge in [0.05, 0.1) is 0 Å². The molecular formula is C6H9IN2S. The number of aromatic nitrogens is 2. The molecule has 0 amide bonds. The lowest BCUT2D eigenvalue weighted by molar-refractivity contribution is 0.714. The highest BCUT2D eigenvalue weighted by molar-refractivity contribution is 14.1. The van der Waals surface area contributed by atoms with Gasteiger partial charge < -0.3 is 0 Å². The molecule has 0 N–H and O–H groups in total. The first-order valence-corrected chi connectivity index (χ1v) is 5.12. The van der Waals surface area contributed by atoms with E-state index in [2.05, 4.69) is 46.6 Å². The van der Waals surface area contributed by atoms with Crippen molar-refractivity contribution < 1.29 is 0 Å². The number of rotatable bonds is 2. The van der Waals surface area contributed by atoms with Crippen LogP contribution in [-0.4, -0.2) is 10.2 Å². The highest BCUT2D eigenvalue weighted by Gasteiger charge is 2.07. The molecule has 1 rings (SSSR count). The van der Waals surface area contributed by atoms with Crippen LogP contribution in [0.1, 0.15) is 31.2 Å². The molecule has 1 heterocycles. The Bertz CT molecular complexity index is 211. The average Bonchev–Trinajstić information content (AvgIpc) is 2.34. The van der Waals surface area contributed by atoms with E-state index in [1.807, 2.05) is 0 Å². The number of hydrogen-bond donors (Lipinski definition) is 0. The first-order chi connectivity index (χ1) is 4.74. The third kappa shape index (κ3) is 1.88. The van der Waals surface area contributed by atoms with Gasteiger partial charge in [-0.05, 0) is 29.0 Å². The highest BCUT2D eigenvalue weighted by Crippen LogP contribution is 2.22. The van der Waals surface area contributed by atoms with Gasteiger partial charge in [-0.1, -0.05) is 25.2 Å². The second-order valence-corrected chi connectivity index (χ2v) is 4.97. The van der Waals surface area contributed by atoms with Crippen LogP contribution in [0.3, 0.4) is 0 Å². The van der Waals surface area contributed by atoms with Crippen molar-refractivity contribution in [3.8, 4) is 0 Å². The molecule has 0 aliphatic rings. The van der Waals surface area contributed by atoms with Crippen molar-refractivity contribution in [3.05, 3.63) is 8.02 Å². The lowest BCUT2D eigenvalue weighted by atomic mass is 10.1. The molecule has 1 atom stereocenters. The summed E-state index contributed by atoms with van der Waals surface area (Å²) < 4.78 is 1.04.